The Morgan fingerprint density at radius 1 is 1.21 bits per heavy atom. The highest BCUT2D eigenvalue weighted by Gasteiger charge is 2.21. The Balaban J connectivity index is 0.00000306. The minimum Gasteiger partial charge on any atom is -0.482 e. The molecule has 1 saturated heterocycles. The number of carbonyl (C=O) groups is 1. The SMILES string of the molecule is Cl.O=C(COc1ccc(Cl)cc1Cl)N(CCCN1CCOCC1)c1nc2ccc(F)cc2s1. The molecule has 0 radical (unpaired) electrons. The lowest BCUT2D eigenvalue weighted by molar-refractivity contribution is -0.120. The summed E-state index contributed by atoms with van der Waals surface area (Å²) in [4.78, 5) is 21.6. The minimum absolute atomic E-state index is 0. The first kappa shape index (κ1) is 25.9. The van der Waals surface area contributed by atoms with E-state index < -0.39 is 0 Å². The molecule has 1 aliphatic heterocycles. The molecule has 178 valence electrons. The van der Waals surface area contributed by atoms with E-state index in [0.717, 1.165) is 39.3 Å². The number of anilines is 1. The van der Waals surface area contributed by atoms with Crippen LogP contribution in [-0.2, 0) is 9.53 Å². The highest BCUT2D eigenvalue weighted by molar-refractivity contribution is 7.22. The minimum atomic E-state index is -0.335. The lowest BCUT2D eigenvalue weighted by atomic mass is 10.3. The Bertz CT molecular complexity index is 1100. The second-order valence-corrected chi connectivity index (χ2v) is 9.18. The fourth-order valence-electron chi connectivity index (χ4n) is 3.42. The number of halogens is 4. The van der Waals surface area contributed by atoms with Crippen molar-refractivity contribution in [3.05, 3.63) is 52.3 Å². The maximum absolute atomic E-state index is 13.6. The molecule has 0 N–H and O–H groups in total. The molecule has 2 aromatic carbocycles. The molecule has 0 aliphatic carbocycles. The predicted molar refractivity (Wildman–Crippen MR) is 133 cm³/mol. The first-order valence-electron chi connectivity index (χ1n) is 10.2. The highest BCUT2D eigenvalue weighted by Crippen LogP contribution is 2.31. The molecule has 1 amide bonds. The van der Waals surface area contributed by atoms with Gasteiger partial charge in [0.15, 0.2) is 11.7 Å². The van der Waals surface area contributed by atoms with E-state index in [1.807, 2.05) is 0 Å². The molecule has 0 atom stereocenters. The number of hydrogen-bond acceptors (Lipinski definition) is 6. The second kappa shape index (κ2) is 12.1. The topological polar surface area (TPSA) is 54.9 Å². The molecule has 2 heterocycles. The third-order valence-corrected chi connectivity index (χ3v) is 6.65. The molecule has 6 nitrogen and oxygen atoms in total. The van der Waals surface area contributed by atoms with Crippen molar-refractivity contribution < 1.29 is 18.7 Å². The Hall–Kier alpha value is -1.68. The number of amides is 1. The van der Waals surface area contributed by atoms with Crippen LogP contribution in [0.3, 0.4) is 0 Å². The van der Waals surface area contributed by atoms with Crippen LogP contribution in [0.4, 0.5) is 9.52 Å². The van der Waals surface area contributed by atoms with Crippen LogP contribution in [0.5, 0.6) is 5.75 Å². The molecule has 0 unspecified atom stereocenters. The number of rotatable bonds is 8. The Labute approximate surface area is 211 Å². The standard InChI is InChI=1S/C22H22Cl2FN3O3S.ClH/c23-15-2-5-19(17(24)12-15)31-14-21(29)28(7-1-6-27-8-10-30-11-9-27)22-26-18-4-3-16(25)13-20(18)32-22;/h2-5,12-13H,1,6-11,14H2;1H. The summed E-state index contributed by atoms with van der Waals surface area (Å²) in [6.07, 6.45) is 0.762. The van der Waals surface area contributed by atoms with Crippen LogP contribution in [0, 0.1) is 5.82 Å². The molecule has 3 aromatic rings. The number of aromatic nitrogens is 1. The molecule has 33 heavy (non-hydrogen) atoms. The Morgan fingerprint density at radius 2 is 2.00 bits per heavy atom. The normalized spacial score (nSPS) is 14.2. The molecule has 1 aliphatic rings. The predicted octanol–water partition coefficient (Wildman–Crippen LogP) is 5.30. The molecular weight excluding hydrogens is 512 g/mol. The fraction of sp³-hybridized carbons (Fsp3) is 0.364. The summed E-state index contributed by atoms with van der Waals surface area (Å²) < 4.78 is 25.4. The number of thiazole rings is 1. The zero-order chi connectivity index (χ0) is 22.5. The van der Waals surface area contributed by atoms with Crippen LogP contribution >= 0.6 is 46.9 Å². The van der Waals surface area contributed by atoms with Gasteiger partial charge in [0.1, 0.15) is 11.6 Å². The van der Waals surface area contributed by atoms with Gasteiger partial charge in [-0.2, -0.15) is 0 Å². The van der Waals surface area contributed by atoms with E-state index in [0.29, 0.717) is 37.7 Å². The van der Waals surface area contributed by atoms with Gasteiger partial charge >= 0.3 is 0 Å². The summed E-state index contributed by atoms with van der Waals surface area (Å²) in [7, 11) is 0. The Morgan fingerprint density at radius 3 is 2.76 bits per heavy atom. The van der Waals surface area contributed by atoms with Crippen LogP contribution in [-0.4, -0.2) is 61.8 Å². The van der Waals surface area contributed by atoms with Crippen molar-refractivity contribution >= 4 is 68.2 Å². The zero-order valence-electron chi connectivity index (χ0n) is 17.6. The van der Waals surface area contributed by atoms with E-state index in [1.165, 1.54) is 23.5 Å². The van der Waals surface area contributed by atoms with E-state index in [4.69, 9.17) is 32.7 Å². The van der Waals surface area contributed by atoms with Crippen molar-refractivity contribution in [3.8, 4) is 5.75 Å². The second-order valence-electron chi connectivity index (χ2n) is 7.32. The van der Waals surface area contributed by atoms with Gasteiger partial charge in [-0.05, 0) is 42.8 Å². The van der Waals surface area contributed by atoms with Crippen molar-refractivity contribution in [2.75, 3.05) is 50.9 Å². The molecule has 1 fully saturated rings. The first-order valence-corrected chi connectivity index (χ1v) is 11.8. The molecule has 0 saturated carbocycles. The number of nitrogens with zero attached hydrogens (tertiary/aromatic N) is 3. The van der Waals surface area contributed by atoms with Crippen molar-refractivity contribution in [2.24, 2.45) is 0 Å². The number of fused-ring (bicyclic) bond motifs is 1. The maximum atomic E-state index is 13.6. The summed E-state index contributed by atoms with van der Waals surface area (Å²) >= 11 is 13.4. The van der Waals surface area contributed by atoms with Gasteiger partial charge in [-0.25, -0.2) is 9.37 Å². The van der Waals surface area contributed by atoms with Crippen LogP contribution in [0.1, 0.15) is 6.42 Å². The first-order chi connectivity index (χ1) is 15.5. The van der Waals surface area contributed by atoms with E-state index >= 15 is 0 Å². The van der Waals surface area contributed by atoms with Crippen LogP contribution in [0.25, 0.3) is 10.2 Å². The quantitative estimate of drug-likeness (QED) is 0.393. The van der Waals surface area contributed by atoms with Gasteiger partial charge in [-0.15, -0.1) is 12.4 Å². The molecule has 0 bridgehead atoms. The number of carbonyl (C=O) groups excluding carboxylic acids is 1. The summed E-state index contributed by atoms with van der Waals surface area (Å²) in [5.74, 6) is -0.208. The van der Waals surface area contributed by atoms with Crippen LogP contribution in [0.15, 0.2) is 36.4 Å². The summed E-state index contributed by atoms with van der Waals surface area (Å²) in [5, 5.41) is 1.34. The van der Waals surface area contributed by atoms with Crippen molar-refractivity contribution in [1.29, 1.82) is 0 Å². The number of ether oxygens (including phenoxy) is 2. The van der Waals surface area contributed by atoms with Crippen LogP contribution < -0.4 is 9.64 Å². The third-order valence-electron chi connectivity index (χ3n) is 5.08. The molecular formula is C22H23Cl3FN3O3S. The summed E-state index contributed by atoms with van der Waals surface area (Å²) in [5.41, 5.74) is 0.652. The van der Waals surface area contributed by atoms with E-state index in [1.54, 1.807) is 29.2 Å². The maximum Gasteiger partial charge on any atom is 0.266 e. The number of morpholine rings is 1. The van der Waals surface area contributed by atoms with Crippen molar-refractivity contribution in [3.63, 3.8) is 0 Å². The molecule has 4 rings (SSSR count). The van der Waals surface area contributed by atoms with E-state index in [-0.39, 0.29) is 30.7 Å². The van der Waals surface area contributed by atoms with Gasteiger partial charge in [0, 0.05) is 31.2 Å². The average Bonchev–Trinajstić information content (AvgIpc) is 3.19. The van der Waals surface area contributed by atoms with Crippen LogP contribution in [0.2, 0.25) is 10.0 Å². The lowest BCUT2D eigenvalue weighted by Crippen LogP contribution is -2.40. The van der Waals surface area contributed by atoms with Gasteiger partial charge < -0.3 is 9.47 Å². The molecule has 11 heteroatoms. The van der Waals surface area contributed by atoms with Gasteiger partial charge in [-0.3, -0.25) is 14.6 Å². The monoisotopic (exact) mass is 533 g/mol. The lowest BCUT2D eigenvalue weighted by Gasteiger charge is -2.27. The van der Waals surface area contributed by atoms with Gasteiger partial charge in [0.25, 0.3) is 5.91 Å². The van der Waals surface area contributed by atoms with Gasteiger partial charge in [-0.1, -0.05) is 34.5 Å². The largest absolute Gasteiger partial charge is 0.482 e. The highest BCUT2D eigenvalue weighted by atomic mass is 35.5. The third kappa shape index (κ3) is 6.91. The smallest absolute Gasteiger partial charge is 0.266 e. The number of benzene rings is 2. The fourth-order valence-corrected chi connectivity index (χ4v) is 4.91. The van der Waals surface area contributed by atoms with E-state index in [9.17, 15) is 9.18 Å². The van der Waals surface area contributed by atoms with Gasteiger partial charge in [0.05, 0.1) is 28.5 Å². The summed E-state index contributed by atoms with van der Waals surface area (Å²) in [6, 6.07) is 9.24. The van der Waals surface area contributed by atoms with Crippen molar-refractivity contribution in [1.82, 2.24) is 9.88 Å². The van der Waals surface area contributed by atoms with Gasteiger partial charge in [0.2, 0.25) is 0 Å². The zero-order valence-corrected chi connectivity index (χ0v) is 20.8. The Kier molecular flexibility index (Phi) is 9.55. The number of hydrogen-bond donors (Lipinski definition) is 0. The molecule has 1 aromatic heterocycles. The molecule has 0 spiro atoms. The average molecular weight is 535 g/mol. The van der Waals surface area contributed by atoms with E-state index in [2.05, 4.69) is 9.88 Å². The summed E-state index contributed by atoms with van der Waals surface area (Å²) in [6.45, 7) is 4.32. The van der Waals surface area contributed by atoms with Crippen molar-refractivity contribution in [2.45, 2.75) is 6.42 Å².